The predicted octanol–water partition coefficient (Wildman–Crippen LogP) is 3.17. The van der Waals surface area contributed by atoms with Crippen LogP contribution < -0.4 is 0 Å². The summed E-state index contributed by atoms with van der Waals surface area (Å²) in [5.74, 6) is 0.778. The third kappa shape index (κ3) is 1.06. The first-order valence-electron chi connectivity index (χ1n) is 4.72. The van der Waals surface area contributed by atoms with E-state index >= 15 is 0 Å². The molecule has 1 aliphatic carbocycles. The molecule has 0 nitrogen and oxygen atoms in total. The molecule has 0 bridgehead atoms. The molecule has 1 radical (unpaired) electrons. The van der Waals surface area contributed by atoms with Gasteiger partial charge in [-0.25, -0.2) is 0 Å². The van der Waals surface area contributed by atoms with Gasteiger partial charge in [-0.15, -0.1) is 0 Å². The second kappa shape index (κ2) is 2.62. The second-order valence-electron chi connectivity index (χ2n) is 4.10. The summed E-state index contributed by atoms with van der Waals surface area (Å²) in [6.07, 6.45) is 2.74. The molecule has 0 aromatic heterocycles. The van der Waals surface area contributed by atoms with Crippen molar-refractivity contribution in [2.24, 2.45) is 5.92 Å². The van der Waals surface area contributed by atoms with Gasteiger partial charge in [-0.1, -0.05) is 38.1 Å². The number of rotatable bonds is 2. The third-order valence-electron chi connectivity index (χ3n) is 3.19. The van der Waals surface area contributed by atoms with Gasteiger partial charge in [0.2, 0.25) is 0 Å². The van der Waals surface area contributed by atoms with Crippen molar-refractivity contribution in [2.75, 3.05) is 0 Å². The molecule has 0 atom stereocenters. The van der Waals surface area contributed by atoms with Gasteiger partial charge in [-0.2, -0.15) is 0 Å². The van der Waals surface area contributed by atoms with E-state index in [1.807, 2.05) is 12.1 Å². The molecular weight excluding hydrogens is 144 g/mol. The first kappa shape index (κ1) is 7.85. The highest BCUT2D eigenvalue weighted by Crippen LogP contribution is 2.53. The van der Waals surface area contributed by atoms with E-state index in [4.69, 9.17) is 0 Å². The highest BCUT2D eigenvalue weighted by Gasteiger charge is 2.46. The van der Waals surface area contributed by atoms with Crippen molar-refractivity contribution in [1.29, 1.82) is 0 Å². The molecular formula is C12H15. The van der Waals surface area contributed by atoms with E-state index < -0.39 is 0 Å². The summed E-state index contributed by atoms with van der Waals surface area (Å²) in [5, 5.41) is 0. The normalized spacial score (nSPS) is 19.6. The minimum atomic E-state index is 0.523. The largest absolute Gasteiger partial charge is 0.0619 e. The van der Waals surface area contributed by atoms with E-state index in [1.165, 1.54) is 18.4 Å². The summed E-state index contributed by atoms with van der Waals surface area (Å²) in [4.78, 5) is 0. The maximum Gasteiger partial charge on any atom is -0.00234 e. The minimum absolute atomic E-state index is 0.523. The van der Waals surface area contributed by atoms with Gasteiger partial charge >= 0.3 is 0 Å². The molecule has 1 aromatic rings. The van der Waals surface area contributed by atoms with E-state index in [-0.39, 0.29) is 0 Å². The zero-order valence-corrected chi connectivity index (χ0v) is 7.80. The van der Waals surface area contributed by atoms with Crippen molar-refractivity contribution in [2.45, 2.75) is 32.1 Å². The lowest BCUT2D eigenvalue weighted by molar-refractivity contribution is 0.481. The van der Waals surface area contributed by atoms with Gasteiger partial charge in [-0.3, -0.25) is 0 Å². The summed E-state index contributed by atoms with van der Waals surface area (Å²) < 4.78 is 0. The first-order chi connectivity index (χ1) is 5.76. The number of hydrogen-bond donors (Lipinski definition) is 0. The molecule has 0 heteroatoms. The molecule has 0 spiro atoms. The number of benzene rings is 1. The lowest BCUT2D eigenvalue weighted by Gasteiger charge is -2.19. The van der Waals surface area contributed by atoms with Gasteiger partial charge < -0.3 is 0 Å². The maximum atomic E-state index is 3.07. The standard InChI is InChI=1S/C12H15/c1-10(2)12(8-9-12)11-6-4-3-5-7-11/h4-7,10H,8-9H2,1-2H3. The summed E-state index contributed by atoms with van der Waals surface area (Å²) in [5.41, 5.74) is 2.03. The summed E-state index contributed by atoms with van der Waals surface area (Å²) in [6, 6.07) is 11.6. The summed E-state index contributed by atoms with van der Waals surface area (Å²) in [7, 11) is 0. The Hall–Kier alpha value is -0.780. The quantitative estimate of drug-likeness (QED) is 0.621. The average Bonchev–Trinajstić information content (AvgIpc) is 2.86. The molecule has 1 saturated carbocycles. The first-order valence-corrected chi connectivity index (χ1v) is 4.72. The smallest absolute Gasteiger partial charge is 0.00234 e. The Morgan fingerprint density at radius 3 is 2.25 bits per heavy atom. The zero-order valence-electron chi connectivity index (χ0n) is 7.80. The van der Waals surface area contributed by atoms with Gasteiger partial charge in [0.1, 0.15) is 0 Å². The van der Waals surface area contributed by atoms with Crippen LogP contribution in [0.25, 0.3) is 0 Å². The fourth-order valence-electron chi connectivity index (χ4n) is 2.05. The van der Waals surface area contributed by atoms with Crippen LogP contribution in [0.4, 0.5) is 0 Å². The lowest BCUT2D eigenvalue weighted by atomic mass is 9.85. The van der Waals surface area contributed by atoms with Gasteiger partial charge in [-0.05, 0) is 35.8 Å². The van der Waals surface area contributed by atoms with Crippen LogP contribution in [0, 0.1) is 12.0 Å². The Balaban J connectivity index is 2.31. The van der Waals surface area contributed by atoms with Crippen molar-refractivity contribution >= 4 is 0 Å². The fraction of sp³-hybridized carbons (Fsp3) is 0.500. The topological polar surface area (TPSA) is 0 Å². The van der Waals surface area contributed by atoms with Crippen molar-refractivity contribution in [3.63, 3.8) is 0 Å². The van der Waals surface area contributed by atoms with Gasteiger partial charge in [0.25, 0.3) is 0 Å². The van der Waals surface area contributed by atoms with Gasteiger partial charge in [0.15, 0.2) is 0 Å². The summed E-state index contributed by atoms with van der Waals surface area (Å²) >= 11 is 0. The fourth-order valence-corrected chi connectivity index (χ4v) is 2.05. The molecule has 1 fully saturated rings. The SMILES string of the molecule is CC(C)C1(c2cc[c]cc2)CC1. The van der Waals surface area contributed by atoms with Crippen LogP contribution in [0.15, 0.2) is 24.3 Å². The lowest BCUT2D eigenvalue weighted by Crippen LogP contribution is -2.14. The van der Waals surface area contributed by atoms with Crippen LogP contribution >= 0.6 is 0 Å². The molecule has 1 aliphatic rings. The molecule has 1 aromatic carbocycles. The molecule has 2 rings (SSSR count). The van der Waals surface area contributed by atoms with Gasteiger partial charge in [0.05, 0.1) is 0 Å². The maximum absolute atomic E-state index is 3.07. The monoisotopic (exact) mass is 159 g/mol. The number of hydrogen-bond acceptors (Lipinski definition) is 0. The molecule has 0 N–H and O–H groups in total. The third-order valence-corrected chi connectivity index (χ3v) is 3.19. The van der Waals surface area contributed by atoms with Gasteiger partial charge in [0, 0.05) is 0 Å². The predicted molar refractivity (Wildman–Crippen MR) is 51.0 cm³/mol. The van der Waals surface area contributed by atoms with E-state index in [0.29, 0.717) is 5.41 Å². The molecule has 0 amide bonds. The Kier molecular flexibility index (Phi) is 1.71. The van der Waals surface area contributed by atoms with Crippen LogP contribution in [0.3, 0.4) is 0 Å². The summed E-state index contributed by atoms with van der Waals surface area (Å²) in [6.45, 7) is 4.65. The molecule has 12 heavy (non-hydrogen) atoms. The zero-order chi connectivity index (χ0) is 8.60. The molecule has 0 unspecified atom stereocenters. The van der Waals surface area contributed by atoms with E-state index in [0.717, 1.165) is 5.92 Å². The van der Waals surface area contributed by atoms with Crippen molar-refractivity contribution in [1.82, 2.24) is 0 Å². The molecule has 0 saturated heterocycles. The minimum Gasteiger partial charge on any atom is -0.0619 e. The average molecular weight is 159 g/mol. The molecule has 0 aliphatic heterocycles. The highest BCUT2D eigenvalue weighted by molar-refractivity contribution is 5.31. The van der Waals surface area contributed by atoms with Crippen LogP contribution in [0.1, 0.15) is 32.3 Å². The second-order valence-corrected chi connectivity index (χ2v) is 4.10. The van der Waals surface area contributed by atoms with E-state index in [2.05, 4.69) is 32.0 Å². The van der Waals surface area contributed by atoms with Crippen LogP contribution in [0.2, 0.25) is 0 Å². The van der Waals surface area contributed by atoms with Crippen molar-refractivity contribution in [3.8, 4) is 0 Å². The highest BCUT2D eigenvalue weighted by atomic mass is 14.5. The van der Waals surface area contributed by atoms with Crippen molar-refractivity contribution < 1.29 is 0 Å². The molecule has 63 valence electrons. The Morgan fingerprint density at radius 1 is 1.25 bits per heavy atom. The van der Waals surface area contributed by atoms with Crippen LogP contribution in [-0.4, -0.2) is 0 Å². The van der Waals surface area contributed by atoms with E-state index in [1.54, 1.807) is 0 Å². The Morgan fingerprint density at radius 2 is 1.83 bits per heavy atom. The molecule has 0 heterocycles. The van der Waals surface area contributed by atoms with Crippen LogP contribution in [0.5, 0.6) is 0 Å². The Labute approximate surface area is 74.6 Å². The van der Waals surface area contributed by atoms with Crippen LogP contribution in [-0.2, 0) is 5.41 Å². The van der Waals surface area contributed by atoms with E-state index in [9.17, 15) is 0 Å². The Bertz CT molecular complexity index is 255. The van der Waals surface area contributed by atoms with Crippen molar-refractivity contribution in [3.05, 3.63) is 35.9 Å².